The molecule has 1 saturated heterocycles. The molecule has 7 nitrogen and oxygen atoms in total. The number of carbonyl (C=O) groups excluding carboxylic acids is 1. The lowest BCUT2D eigenvalue weighted by molar-refractivity contribution is -0.162. The van der Waals surface area contributed by atoms with E-state index in [-0.39, 0.29) is 5.91 Å². The summed E-state index contributed by atoms with van der Waals surface area (Å²) in [4.78, 5) is 35.6. The van der Waals surface area contributed by atoms with Crippen molar-refractivity contribution in [1.29, 1.82) is 0 Å². The van der Waals surface area contributed by atoms with Crippen molar-refractivity contribution < 1.29 is 14.7 Å². The van der Waals surface area contributed by atoms with Gasteiger partial charge in [0.15, 0.2) is 5.82 Å². The van der Waals surface area contributed by atoms with Crippen LogP contribution in [0.2, 0.25) is 0 Å². The molecule has 0 radical (unpaired) electrons. The molecule has 7 heteroatoms. The molecule has 1 aliphatic heterocycles. The summed E-state index contributed by atoms with van der Waals surface area (Å²) >= 11 is 0. The second-order valence-corrected chi connectivity index (χ2v) is 8.13. The zero-order chi connectivity index (χ0) is 18.2. The average molecular weight is 358 g/mol. The van der Waals surface area contributed by atoms with Crippen LogP contribution in [-0.4, -0.2) is 40.0 Å². The van der Waals surface area contributed by atoms with Gasteiger partial charge in [-0.1, -0.05) is 0 Å². The summed E-state index contributed by atoms with van der Waals surface area (Å²) in [6.45, 7) is 1.96. The molecule has 5 rings (SSSR count). The number of piperidine rings is 1. The molecule has 0 atom stereocenters. The topological polar surface area (TPSA) is 95.4 Å². The van der Waals surface area contributed by atoms with Gasteiger partial charge in [0.1, 0.15) is 5.82 Å². The van der Waals surface area contributed by atoms with Crippen molar-refractivity contribution in [2.45, 2.75) is 57.8 Å². The molecule has 1 aromatic heterocycles. The van der Waals surface area contributed by atoms with Crippen molar-refractivity contribution in [3.63, 3.8) is 0 Å². The summed E-state index contributed by atoms with van der Waals surface area (Å²) in [5.41, 5.74) is -1.05. The van der Waals surface area contributed by atoms with Gasteiger partial charge < -0.3 is 15.3 Å². The van der Waals surface area contributed by atoms with Crippen LogP contribution in [0.4, 0.5) is 11.6 Å². The first kappa shape index (κ1) is 17.2. The van der Waals surface area contributed by atoms with Gasteiger partial charge >= 0.3 is 5.97 Å². The smallest absolute Gasteiger partial charge is 0.309 e. The molecule has 2 N–H and O–H groups in total. The van der Waals surface area contributed by atoms with Crippen molar-refractivity contribution in [2.24, 2.45) is 10.8 Å². The minimum atomic E-state index is -0.702. The third-order valence-corrected chi connectivity index (χ3v) is 6.73. The Morgan fingerprint density at radius 2 is 1.58 bits per heavy atom. The fourth-order valence-corrected chi connectivity index (χ4v) is 4.79. The molecule has 4 fully saturated rings. The number of nitrogens with zero attached hydrogens (tertiary/aromatic N) is 3. The Bertz CT molecular complexity index is 690. The maximum absolute atomic E-state index is 13.0. The molecule has 1 amide bonds. The van der Waals surface area contributed by atoms with Crippen LogP contribution in [0.25, 0.3) is 0 Å². The normalized spacial score (nSPS) is 30.8. The number of aromatic nitrogens is 2. The number of hydrogen-bond acceptors (Lipinski definition) is 5. The molecule has 0 spiro atoms. The van der Waals surface area contributed by atoms with Crippen LogP contribution >= 0.6 is 0 Å². The standard InChI is InChI=1S/C19H26N4O3/c24-16(18-4-7-19(8-5-18,9-6-18)17(25)26)22-14-12-20-13-15(21-14)23-10-2-1-3-11-23/h12-13H,1-11H2,(H,25,26)(H,21,22,24). The van der Waals surface area contributed by atoms with Crippen molar-refractivity contribution in [3.8, 4) is 0 Å². The maximum Gasteiger partial charge on any atom is 0.309 e. The predicted octanol–water partition coefficient (Wildman–Crippen LogP) is 2.83. The lowest BCUT2D eigenvalue weighted by atomic mass is 9.53. The van der Waals surface area contributed by atoms with E-state index in [2.05, 4.69) is 20.2 Å². The van der Waals surface area contributed by atoms with Gasteiger partial charge in [-0.2, -0.15) is 0 Å². The van der Waals surface area contributed by atoms with E-state index < -0.39 is 16.8 Å². The van der Waals surface area contributed by atoms with E-state index in [9.17, 15) is 14.7 Å². The molecule has 4 aliphatic rings. The van der Waals surface area contributed by atoms with E-state index in [0.29, 0.717) is 44.3 Å². The van der Waals surface area contributed by atoms with Crippen LogP contribution in [0.3, 0.4) is 0 Å². The summed E-state index contributed by atoms with van der Waals surface area (Å²) in [6.07, 6.45) is 10.6. The molecular weight excluding hydrogens is 332 g/mol. The van der Waals surface area contributed by atoms with Gasteiger partial charge in [0.2, 0.25) is 5.91 Å². The van der Waals surface area contributed by atoms with Crippen molar-refractivity contribution in [1.82, 2.24) is 9.97 Å². The van der Waals surface area contributed by atoms with Gasteiger partial charge in [-0.15, -0.1) is 0 Å². The minimum absolute atomic E-state index is 0.0266. The average Bonchev–Trinajstić information content (AvgIpc) is 2.70. The molecule has 2 bridgehead atoms. The quantitative estimate of drug-likeness (QED) is 0.859. The summed E-state index contributed by atoms with van der Waals surface area (Å²) in [5, 5.41) is 12.5. The van der Waals surface area contributed by atoms with Gasteiger partial charge in [-0.05, 0) is 57.8 Å². The number of rotatable bonds is 4. The fourth-order valence-electron chi connectivity index (χ4n) is 4.79. The first-order valence-corrected chi connectivity index (χ1v) is 9.65. The minimum Gasteiger partial charge on any atom is -0.481 e. The molecular formula is C19H26N4O3. The van der Waals surface area contributed by atoms with E-state index in [1.165, 1.54) is 6.42 Å². The van der Waals surface area contributed by atoms with Crippen LogP contribution < -0.4 is 10.2 Å². The number of amides is 1. The Morgan fingerprint density at radius 1 is 0.962 bits per heavy atom. The molecule has 0 aromatic carbocycles. The zero-order valence-corrected chi connectivity index (χ0v) is 15.0. The molecule has 3 aliphatic carbocycles. The van der Waals surface area contributed by atoms with E-state index in [1.54, 1.807) is 12.4 Å². The third-order valence-electron chi connectivity index (χ3n) is 6.73. The molecule has 140 valence electrons. The zero-order valence-electron chi connectivity index (χ0n) is 15.0. The first-order chi connectivity index (χ1) is 12.5. The number of aliphatic carboxylic acids is 1. The van der Waals surface area contributed by atoms with E-state index in [1.807, 2.05) is 0 Å². The van der Waals surface area contributed by atoms with Gasteiger partial charge in [-0.25, -0.2) is 4.98 Å². The molecule has 0 unspecified atom stereocenters. The Kier molecular flexibility index (Phi) is 4.32. The summed E-state index contributed by atoms with van der Waals surface area (Å²) in [7, 11) is 0. The molecule has 1 aromatic rings. The number of hydrogen-bond donors (Lipinski definition) is 2. The van der Waals surface area contributed by atoms with Gasteiger partial charge in [0, 0.05) is 18.5 Å². The Balaban J connectivity index is 1.45. The number of carbonyl (C=O) groups is 2. The van der Waals surface area contributed by atoms with E-state index in [0.717, 1.165) is 31.7 Å². The van der Waals surface area contributed by atoms with Crippen LogP contribution in [-0.2, 0) is 9.59 Å². The lowest BCUT2D eigenvalue weighted by Gasteiger charge is -2.50. The Morgan fingerprint density at radius 3 is 2.19 bits per heavy atom. The lowest BCUT2D eigenvalue weighted by Crippen LogP contribution is -2.50. The number of nitrogens with one attached hydrogen (secondary N) is 1. The van der Waals surface area contributed by atoms with Crippen LogP contribution in [0.15, 0.2) is 12.4 Å². The third kappa shape index (κ3) is 2.93. The SMILES string of the molecule is O=C(O)C12CCC(C(=O)Nc3cncc(N4CCCCC4)n3)(CC1)CC2. The number of fused-ring (bicyclic) bond motifs is 3. The number of carboxylic acid groups (broad SMARTS) is 1. The Hall–Kier alpha value is -2.18. The number of carboxylic acids is 1. The molecule has 3 saturated carbocycles. The summed E-state index contributed by atoms with van der Waals surface area (Å²) < 4.78 is 0. The van der Waals surface area contributed by atoms with Crippen LogP contribution in [0.1, 0.15) is 57.8 Å². The van der Waals surface area contributed by atoms with E-state index in [4.69, 9.17) is 0 Å². The highest BCUT2D eigenvalue weighted by molar-refractivity contribution is 5.95. The van der Waals surface area contributed by atoms with E-state index >= 15 is 0 Å². The van der Waals surface area contributed by atoms with Crippen molar-refractivity contribution in [2.75, 3.05) is 23.3 Å². The van der Waals surface area contributed by atoms with Crippen LogP contribution in [0.5, 0.6) is 0 Å². The number of anilines is 2. The van der Waals surface area contributed by atoms with Crippen molar-refractivity contribution >= 4 is 23.5 Å². The van der Waals surface area contributed by atoms with Gasteiger partial charge in [-0.3, -0.25) is 14.6 Å². The van der Waals surface area contributed by atoms with Gasteiger partial charge in [0.25, 0.3) is 0 Å². The second kappa shape index (κ2) is 6.52. The largest absolute Gasteiger partial charge is 0.481 e. The highest BCUT2D eigenvalue weighted by Crippen LogP contribution is 2.57. The highest BCUT2D eigenvalue weighted by atomic mass is 16.4. The van der Waals surface area contributed by atoms with Gasteiger partial charge in [0.05, 0.1) is 17.8 Å². The molecule has 26 heavy (non-hydrogen) atoms. The molecule has 2 heterocycles. The Labute approximate surface area is 153 Å². The maximum atomic E-state index is 13.0. The summed E-state index contributed by atoms with van der Waals surface area (Å²) in [6, 6.07) is 0. The first-order valence-electron chi connectivity index (χ1n) is 9.65. The second-order valence-electron chi connectivity index (χ2n) is 8.13. The summed E-state index contributed by atoms with van der Waals surface area (Å²) in [5.74, 6) is 0.581. The highest BCUT2D eigenvalue weighted by Gasteiger charge is 2.55. The fraction of sp³-hybridized carbons (Fsp3) is 0.684. The van der Waals surface area contributed by atoms with Crippen molar-refractivity contribution in [3.05, 3.63) is 12.4 Å². The predicted molar refractivity (Wildman–Crippen MR) is 96.9 cm³/mol. The van der Waals surface area contributed by atoms with Crippen LogP contribution in [0, 0.1) is 10.8 Å². The monoisotopic (exact) mass is 358 g/mol.